The van der Waals surface area contributed by atoms with E-state index in [-0.39, 0.29) is 25.6 Å². The third kappa shape index (κ3) is 9.95. The fourth-order valence-electron chi connectivity index (χ4n) is 3.60. The molecule has 1 unspecified atom stereocenters. The molecule has 2 rings (SSSR count). The Morgan fingerprint density at radius 1 is 0.838 bits per heavy atom. The second-order valence-corrected chi connectivity index (χ2v) is 9.07. The Bertz CT molecular complexity index is 1010. The summed E-state index contributed by atoms with van der Waals surface area (Å²) < 4.78 is 10.5. The molecule has 0 aliphatic heterocycles. The first kappa shape index (κ1) is 29.4. The van der Waals surface area contributed by atoms with Gasteiger partial charge in [0.1, 0.15) is 18.7 Å². The highest BCUT2D eigenvalue weighted by molar-refractivity contribution is 5.93. The minimum absolute atomic E-state index is 0.0195. The van der Waals surface area contributed by atoms with Gasteiger partial charge in [-0.3, -0.25) is 9.59 Å². The summed E-state index contributed by atoms with van der Waals surface area (Å²) in [4.78, 5) is 50.9. The average molecular weight is 513 g/mol. The van der Waals surface area contributed by atoms with Crippen molar-refractivity contribution >= 4 is 23.9 Å². The van der Waals surface area contributed by atoms with E-state index >= 15 is 0 Å². The van der Waals surface area contributed by atoms with Gasteiger partial charge in [-0.1, -0.05) is 87.9 Å². The molecule has 37 heavy (non-hydrogen) atoms. The molecule has 0 radical (unpaired) electrons. The number of hydrogen-bond acceptors (Lipinski definition) is 6. The number of carboxylic acids is 1. The van der Waals surface area contributed by atoms with Crippen LogP contribution in [0.3, 0.4) is 0 Å². The smallest absolute Gasteiger partial charge is 0.407 e. The molecule has 3 atom stereocenters. The van der Waals surface area contributed by atoms with Crippen molar-refractivity contribution in [3.63, 3.8) is 0 Å². The van der Waals surface area contributed by atoms with Crippen LogP contribution in [0.2, 0.25) is 0 Å². The predicted octanol–water partition coefficient (Wildman–Crippen LogP) is 3.71. The van der Waals surface area contributed by atoms with E-state index in [1.165, 1.54) is 0 Å². The van der Waals surface area contributed by atoms with E-state index in [0.29, 0.717) is 12.0 Å². The number of rotatable bonds is 14. The van der Waals surface area contributed by atoms with Gasteiger partial charge in [0.15, 0.2) is 0 Å². The number of carbonyl (C=O) groups is 4. The minimum Gasteiger partial charge on any atom is -0.481 e. The Morgan fingerprint density at radius 3 is 1.97 bits per heavy atom. The van der Waals surface area contributed by atoms with Crippen molar-refractivity contribution in [3.05, 3.63) is 71.8 Å². The van der Waals surface area contributed by atoms with Crippen molar-refractivity contribution in [1.29, 1.82) is 0 Å². The van der Waals surface area contributed by atoms with Crippen LogP contribution >= 0.6 is 0 Å². The van der Waals surface area contributed by atoms with E-state index in [0.717, 1.165) is 12.0 Å². The fraction of sp³-hybridized carbons (Fsp3) is 0.429. The van der Waals surface area contributed by atoms with E-state index < -0.39 is 41.9 Å². The summed E-state index contributed by atoms with van der Waals surface area (Å²) in [6.45, 7) is 5.55. The van der Waals surface area contributed by atoms with Crippen LogP contribution in [0.1, 0.15) is 44.7 Å². The number of carboxylic acid groups (broad SMARTS) is 1. The molecule has 200 valence electrons. The molecule has 0 saturated heterocycles. The number of hydrogen-bond donors (Lipinski definition) is 3. The molecule has 9 heteroatoms. The molecule has 2 amide bonds. The highest BCUT2D eigenvalue weighted by atomic mass is 16.5. The number of amides is 2. The standard InChI is InChI=1S/C28H36N2O7/c1-4-5-16-36-28(35)30-24(22(26(32)33)17-20-12-8-6-9-13-20)25(31)29-23(19(2)3)27(34)37-18-21-14-10-7-11-15-21/h6-15,19,22-24H,4-5,16-18H2,1-3H3,(H,29,31)(H,30,35)(H,32,33)/t22?,23-,24-/m0/s1. The summed E-state index contributed by atoms with van der Waals surface area (Å²) in [6.07, 6.45) is 0.498. The minimum atomic E-state index is -1.49. The molecule has 0 saturated carbocycles. The molecule has 0 aliphatic rings. The van der Waals surface area contributed by atoms with Gasteiger partial charge in [-0.05, 0) is 29.9 Å². The normalized spacial score (nSPS) is 13.2. The van der Waals surface area contributed by atoms with E-state index in [2.05, 4.69) is 10.6 Å². The Hall–Kier alpha value is -3.88. The Labute approximate surface area is 217 Å². The van der Waals surface area contributed by atoms with Crippen LogP contribution in [0, 0.1) is 11.8 Å². The number of esters is 1. The lowest BCUT2D eigenvalue weighted by atomic mass is 9.91. The van der Waals surface area contributed by atoms with Gasteiger partial charge in [0.05, 0.1) is 12.5 Å². The van der Waals surface area contributed by atoms with Crippen molar-refractivity contribution < 1.29 is 33.8 Å². The van der Waals surface area contributed by atoms with Crippen LogP contribution in [-0.2, 0) is 36.9 Å². The van der Waals surface area contributed by atoms with Crippen LogP contribution in [0.25, 0.3) is 0 Å². The van der Waals surface area contributed by atoms with E-state index in [1.54, 1.807) is 56.3 Å². The molecule has 0 fully saturated rings. The number of benzene rings is 2. The molecule has 2 aromatic carbocycles. The van der Waals surface area contributed by atoms with Gasteiger partial charge in [-0.15, -0.1) is 0 Å². The van der Waals surface area contributed by atoms with Gasteiger partial charge >= 0.3 is 18.0 Å². The number of unbranched alkanes of at least 4 members (excludes halogenated alkanes) is 1. The van der Waals surface area contributed by atoms with Gasteiger partial charge in [0, 0.05) is 0 Å². The average Bonchev–Trinajstić information content (AvgIpc) is 2.88. The van der Waals surface area contributed by atoms with Crippen LogP contribution in [0.5, 0.6) is 0 Å². The van der Waals surface area contributed by atoms with Gasteiger partial charge in [-0.25, -0.2) is 9.59 Å². The molecule has 0 bridgehead atoms. The maximum Gasteiger partial charge on any atom is 0.407 e. The molecule has 9 nitrogen and oxygen atoms in total. The SMILES string of the molecule is CCCCOC(=O)N[C@H](C(=O)N[C@H](C(=O)OCc1ccccc1)C(C)C)C(Cc1ccccc1)C(=O)O. The Balaban J connectivity index is 2.22. The van der Waals surface area contributed by atoms with Gasteiger partial charge in [0.25, 0.3) is 0 Å². The first-order chi connectivity index (χ1) is 17.7. The molecule has 0 heterocycles. The predicted molar refractivity (Wildman–Crippen MR) is 137 cm³/mol. The number of nitrogens with one attached hydrogen (secondary N) is 2. The molecular formula is C28H36N2O7. The monoisotopic (exact) mass is 512 g/mol. The summed E-state index contributed by atoms with van der Waals surface area (Å²) in [5.74, 6) is -4.42. The van der Waals surface area contributed by atoms with Crippen molar-refractivity contribution in [2.75, 3.05) is 6.61 Å². The second kappa shape index (κ2) is 15.3. The molecule has 0 aromatic heterocycles. The highest BCUT2D eigenvalue weighted by Gasteiger charge is 2.38. The third-order valence-corrected chi connectivity index (χ3v) is 5.75. The number of carbonyl (C=O) groups excluding carboxylic acids is 3. The molecule has 0 spiro atoms. The van der Waals surface area contributed by atoms with E-state index in [4.69, 9.17) is 9.47 Å². The number of ether oxygens (including phenoxy) is 2. The second-order valence-electron chi connectivity index (χ2n) is 9.07. The molecular weight excluding hydrogens is 476 g/mol. The quantitative estimate of drug-likeness (QED) is 0.260. The van der Waals surface area contributed by atoms with E-state index in [9.17, 15) is 24.3 Å². The van der Waals surface area contributed by atoms with Crippen LogP contribution < -0.4 is 10.6 Å². The largest absolute Gasteiger partial charge is 0.481 e. The zero-order chi connectivity index (χ0) is 27.2. The van der Waals surface area contributed by atoms with Gasteiger partial charge in [-0.2, -0.15) is 0 Å². The first-order valence-electron chi connectivity index (χ1n) is 12.4. The summed E-state index contributed by atoms with van der Waals surface area (Å²) in [5.41, 5.74) is 1.46. The lowest BCUT2D eigenvalue weighted by Gasteiger charge is -2.27. The van der Waals surface area contributed by atoms with Crippen molar-refractivity contribution in [1.82, 2.24) is 10.6 Å². The maximum atomic E-state index is 13.4. The summed E-state index contributed by atoms with van der Waals surface area (Å²) in [6, 6.07) is 15.3. The van der Waals surface area contributed by atoms with Crippen LogP contribution in [-0.4, -0.2) is 47.7 Å². The zero-order valence-corrected chi connectivity index (χ0v) is 21.5. The topological polar surface area (TPSA) is 131 Å². The van der Waals surface area contributed by atoms with E-state index in [1.807, 2.05) is 25.1 Å². The number of alkyl carbamates (subject to hydrolysis) is 1. The first-order valence-corrected chi connectivity index (χ1v) is 12.4. The third-order valence-electron chi connectivity index (χ3n) is 5.75. The van der Waals surface area contributed by atoms with Crippen LogP contribution in [0.15, 0.2) is 60.7 Å². The van der Waals surface area contributed by atoms with Crippen molar-refractivity contribution in [2.45, 2.75) is 58.7 Å². The summed E-state index contributed by atoms with van der Waals surface area (Å²) in [5, 5.41) is 15.0. The van der Waals surface area contributed by atoms with Gasteiger partial charge in [0.2, 0.25) is 5.91 Å². The highest BCUT2D eigenvalue weighted by Crippen LogP contribution is 2.16. The maximum absolute atomic E-state index is 13.4. The lowest BCUT2D eigenvalue weighted by Crippen LogP contribution is -2.57. The van der Waals surface area contributed by atoms with Crippen LogP contribution in [0.4, 0.5) is 4.79 Å². The Morgan fingerprint density at radius 2 is 1.43 bits per heavy atom. The molecule has 3 N–H and O–H groups in total. The summed E-state index contributed by atoms with van der Waals surface area (Å²) >= 11 is 0. The van der Waals surface area contributed by atoms with Gasteiger partial charge < -0.3 is 25.2 Å². The van der Waals surface area contributed by atoms with Crippen molar-refractivity contribution in [3.8, 4) is 0 Å². The van der Waals surface area contributed by atoms with Crippen molar-refractivity contribution in [2.24, 2.45) is 11.8 Å². The summed E-state index contributed by atoms with van der Waals surface area (Å²) in [7, 11) is 0. The molecule has 0 aliphatic carbocycles. The molecule has 2 aromatic rings. The lowest BCUT2D eigenvalue weighted by molar-refractivity contribution is -0.151. The zero-order valence-electron chi connectivity index (χ0n) is 21.5. The fourth-order valence-corrected chi connectivity index (χ4v) is 3.60. The number of aliphatic carboxylic acids is 1. The Kier molecular flexibility index (Phi) is 12.1.